The number of carbonyl (C=O) groups is 1. The van der Waals surface area contributed by atoms with Gasteiger partial charge in [0.05, 0.1) is 35.1 Å². The SMILES string of the molecule is CC[C@@]1(O)C(=O)OCc2c1cc1n(c2=O)Cc2c-1nc1cc(F)c(C)c3c1c2[C@@H](N)CO3. The number of hydrogen-bond acceptors (Lipinski definition) is 7. The number of aromatic nitrogens is 2. The first-order valence-corrected chi connectivity index (χ1v) is 10.5. The van der Waals surface area contributed by atoms with Gasteiger partial charge in [0.1, 0.15) is 24.8 Å². The van der Waals surface area contributed by atoms with Crippen molar-refractivity contribution in [2.24, 2.45) is 5.73 Å². The lowest BCUT2D eigenvalue weighted by atomic mass is 9.86. The van der Waals surface area contributed by atoms with Crippen molar-refractivity contribution in [1.82, 2.24) is 9.55 Å². The van der Waals surface area contributed by atoms with Gasteiger partial charge < -0.3 is 24.9 Å². The van der Waals surface area contributed by atoms with Gasteiger partial charge in [-0.2, -0.15) is 0 Å². The minimum atomic E-state index is -1.91. The first-order valence-electron chi connectivity index (χ1n) is 10.5. The highest BCUT2D eigenvalue weighted by Crippen LogP contribution is 2.46. The van der Waals surface area contributed by atoms with Gasteiger partial charge in [-0.15, -0.1) is 0 Å². The third kappa shape index (κ3) is 2.19. The number of esters is 1. The average Bonchev–Trinajstić information content (AvgIpc) is 3.14. The van der Waals surface area contributed by atoms with Crippen LogP contribution in [0.3, 0.4) is 0 Å². The molecule has 6 rings (SSSR count). The molecule has 0 bridgehead atoms. The van der Waals surface area contributed by atoms with Crippen LogP contribution in [-0.4, -0.2) is 27.2 Å². The maximum absolute atomic E-state index is 14.6. The number of nitrogens with two attached hydrogens (primary N) is 1. The van der Waals surface area contributed by atoms with E-state index in [0.717, 1.165) is 11.1 Å². The molecule has 32 heavy (non-hydrogen) atoms. The molecule has 0 saturated heterocycles. The van der Waals surface area contributed by atoms with Crippen molar-refractivity contribution in [1.29, 1.82) is 0 Å². The van der Waals surface area contributed by atoms with Crippen molar-refractivity contribution in [2.45, 2.75) is 45.1 Å². The van der Waals surface area contributed by atoms with Gasteiger partial charge in [-0.1, -0.05) is 6.92 Å². The van der Waals surface area contributed by atoms with E-state index in [1.54, 1.807) is 24.5 Å². The third-order valence-electron chi connectivity index (χ3n) is 6.94. The molecule has 2 atom stereocenters. The molecule has 3 aromatic rings. The van der Waals surface area contributed by atoms with Crippen LogP contribution in [0.15, 0.2) is 16.9 Å². The van der Waals surface area contributed by atoms with E-state index >= 15 is 0 Å². The first-order chi connectivity index (χ1) is 15.3. The van der Waals surface area contributed by atoms with E-state index in [1.807, 2.05) is 0 Å². The van der Waals surface area contributed by atoms with Gasteiger partial charge in [-0.05, 0) is 25.0 Å². The number of fused-ring (bicyclic) bond motifs is 5. The molecule has 0 fully saturated rings. The van der Waals surface area contributed by atoms with Crippen molar-refractivity contribution in [3.05, 3.63) is 56.1 Å². The monoisotopic (exact) mass is 437 g/mol. The Morgan fingerprint density at radius 2 is 2.09 bits per heavy atom. The zero-order chi connectivity index (χ0) is 22.5. The van der Waals surface area contributed by atoms with Crippen LogP contribution in [-0.2, 0) is 28.3 Å². The summed E-state index contributed by atoms with van der Waals surface area (Å²) in [6, 6.07) is 2.51. The van der Waals surface area contributed by atoms with Crippen molar-refractivity contribution in [2.75, 3.05) is 6.61 Å². The first kappa shape index (κ1) is 19.4. The lowest BCUT2D eigenvalue weighted by molar-refractivity contribution is -0.172. The fourth-order valence-electron chi connectivity index (χ4n) is 5.16. The summed E-state index contributed by atoms with van der Waals surface area (Å²) in [6.07, 6.45) is 0.0566. The average molecular weight is 437 g/mol. The van der Waals surface area contributed by atoms with Gasteiger partial charge in [0.15, 0.2) is 5.60 Å². The molecule has 1 aromatic carbocycles. The quantitative estimate of drug-likeness (QED) is 0.437. The second kappa shape index (κ2) is 6.14. The van der Waals surface area contributed by atoms with Crippen molar-refractivity contribution < 1.29 is 23.8 Å². The number of carbonyl (C=O) groups excluding carboxylic acids is 1. The number of pyridine rings is 2. The molecule has 0 radical (unpaired) electrons. The minimum Gasteiger partial charge on any atom is -0.491 e. The van der Waals surface area contributed by atoms with Crippen LogP contribution in [0.2, 0.25) is 0 Å². The molecule has 3 aliphatic rings. The molecule has 0 unspecified atom stereocenters. The molecule has 0 amide bonds. The van der Waals surface area contributed by atoms with Gasteiger partial charge >= 0.3 is 5.97 Å². The number of benzene rings is 1. The van der Waals surface area contributed by atoms with Crippen molar-refractivity contribution in [3.63, 3.8) is 0 Å². The van der Waals surface area contributed by atoms with Gasteiger partial charge in [0, 0.05) is 28.1 Å². The number of halogens is 1. The van der Waals surface area contributed by atoms with E-state index in [1.165, 1.54) is 6.07 Å². The topological polar surface area (TPSA) is 117 Å². The molecule has 3 aliphatic heterocycles. The Kier molecular flexibility index (Phi) is 3.72. The summed E-state index contributed by atoms with van der Waals surface area (Å²) in [7, 11) is 0. The van der Waals surface area contributed by atoms with Crippen LogP contribution < -0.4 is 16.0 Å². The predicted molar refractivity (Wildman–Crippen MR) is 112 cm³/mol. The third-order valence-corrected chi connectivity index (χ3v) is 6.94. The molecule has 3 N–H and O–H groups in total. The fraction of sp³-hybridized carbons (Fsp3) is 0.348. The van der Waals surface area contributed by atoms with Gasteiger partial charge in [0.2, 0.25) is 0 Å². The van der Waals surface area contributed by atoms with Gasteiger partial charge in [0.25, 0.3) is 5.56 Å². The summed E-state index contributed by atoms with van der Waals surface area (Å²) < 4.78 is 27.0. The highest BCUT2D eigenvalue weighted by Gasteiger charge is 2.45. The molecule has 0 aliphatic carbocycles. The Balaban J connectivity index is 1.70. The zero-order valence-corrected chi connectivity index (χ0v) is 17.5. The predicted octanol–water partition coefficient (Wildman–Crippen LogP) is 1.92. The zero-order valence-electron chi connectivity index (χ0n) is 17.5. The molecule has 164 valence electrons. The number of ether oxygens (including phenoxy) is 2. The molecule has 9 heteroatoms. The minimum absolute atomic E-state index is 0.0566. The lowest BCUT2D eigenvalue weighted by Gasteiger charge is -2.31. The second-order valence-electron chi connectivity index (χ2n) is 8.58. The number of hydrogen-bond donors (Lipinski definition) is 2. The van der Waals surface area contributed by atoms with E-state index in [-0.39, 0.29) is 42.9 Å². The summed E-state index contributed by atoms with van der Waals surface area (Å²) in [5.41, 5.74) is 7.92. The Hall–Kier alpha value is -3.30. The Morgan fingerprint density at radius 1 is 1.31 bits per heavy atom. The molecular formula is C23H20FN3O5. The van der Waals surface area contributed by atoms with E-state index in [2.05, 4.69) is 4.98 Å². The normalized spacial score (nSPS) is 22.8. The Bertz CT molecular complexity index is 1450. The Morgan fingerprint density at radius 3 is 2.84 bits per heavy atom. The van der Waals surface area contributed by atoms with Gasteiger partial charge in [-0.3, -0.25) is 4.79 Å². The van der Waals surface area contributed by atoms with Crippen LogP contribution >= 0.6 is 0 Å². The van der Waals surface area contributed by atoms with Crippen LogP contribution in [0.25, 0.3) is 22.3 Å². The molecule has 5 heterocycles. The summed E-state index contributed by atoms with van der Waals surface area (Å²) >= 11 is 0. The smallest absolute Gasteiger partial charge is 0.343 e. The van der Waals surface area contributed by atoms with Crippen molar-refractivity contribution >= 4 is 16.9 Å². The van der Waals surface area contributed by atoms with E-state index in [0.29, 0.717) is 33.6 Å². The molecule has 0 spiro atoms. The van der Waals surface area contributed by atoms with Crippen LogP contribution in [0, 0.1) is 12.7 Å². The van der Waals surface area contributed by atoms with Crippen LogP contribution in [0.1, 0.15) is 47.2 Å². The molecular weight excluding hydrogens is 417 g/mol. The van der Waals surface area contributed by atoms with Crippen LogP contribution in [0.4, 0.5) is 4.39 Å². The maximum atomic E-state index is 14.6. The summed E-state index contributed by atoms with van der Waals surface area (Å²) in [6.45, 7) is 3.51. The number of cyclic esters (lactones) is 1. The van der Waals surface area contributed by atoms with Crippen molar-refractivity contribution in [3.8, 4) is 17.1 Å². The standard InChI is InChI=1S/C23H20FN3O5/c1-3-23(30)12-4-16-19-10(6-27(16)21(28)11(12)7-32-22(23)29)17-14(25)8-31-20-9(2)13(24)5-15(26-19)18(17)20/h4-5,14,30H,3,6-8,25H2,1-2H3/t14-,23-/m0/s1. The summed E-state index contributed by atoms with van der Waals surface area (Å²) in [4.78, 5) is 30.4. The van der Waals surface area contributed by atoms with E-state index in [9.17, 15) is 19.1 Å². The summed E-state index contributed by atoms with van der Waals surface area (Å²) in [5, 5.41) is 11.7. The second-order valence-corrected chi connectivity index (χ2v) is 8.58. The molecule has 2 aromatic heterocycles. The van der Waals surface area contributed by atoms with E-state index in [4.69, 9.17) is 15.2 Å². The number of rotatable bonds is 1. The van der Waals surface area contributed by atoms with E-state index < -0.39 is 23.4 Å². The largest absolute Gasteiger partial charge is 0.491 e. The number of aliphatic hydroxyl groups is 1. The highest BCUT2D eigenvalue weighted by atomic mass is 19.1. The summed E-state index contributed by atoms with van der Waals surface area (Å²) in [5.74, 6) is -0.794. The fourth-order valence-corrected chi connectivity index (χ4v) is 5.16. The number of nitrogens with zero attached hydrogens (tertiary/aromatic N) is 2. The van der Waals surface area contributed by atoms with Crippen LogP contribution in [0.5, 0.6) is 5.75 Å². The lowest BCUT2D eigenvalue weighted by Crippen LogP contribution is -2.44. The Labute approximate surface area is 181 Å². The maximum Gasteiger partial charge on any atom is 0.343 e. The highest BCUT2D eigenvalue weighted by molar-refractivity contribution is 5.95. The molecule has 8 nitrogen and oxygen atoms in total. The molecule has 0 saturated carbocycles. The van der Waals surface area contributed by atoms with Gasteiger partial charge in [-0.25, -0.2) is 14.2 Å².